The maximum Gasteiger partial charge on any atom is 0.250 e. The van der Waals surface area contributed by atoms with Gasteiger partial charge >= 0.3 is 0 Å². The Balaban J connectivity index is 1.83. The van der Waals surface area contributed by atoms with Crippen LogP contribution in [0.5, 0.6) is 5.75 Å². The highest BCUT2D eigenvalue weighted by Gasteiger charge is 2.40. The number of hydrogen-bond donors (Lipinski definition) is 1. The Morgan fingerprint density at radius 2 is 1.53 bits per heavy atom. The zero-order valence-corrected chi connectivity index (χ0v) is 35.1. The summed E-state index contributed by atoms with van der Waals surface area (Å²) in [5.74, 6) is 1.52. The van der Waals surface area contributed by atoms with Crippen LogP contribution >= 0.6 is 0 Å². The molecule has 2 atom stereocenters. The summed E-state index contributed by atoms with van der Waals surface area (Å²) in [6.45, 7) is 31.1. The quantitative estimate of drug-likeness (QED) is 0.147. The predicted octanol–water partition coefficient (Wildman–Crippen LogP) is 10.3. The first-order valence-corrected chi connectivity index (χ1v) is 24.5. The van der Waals surface area contributed by atoms with Gasteiger partial charge in [-0.2, -0.15) is 5.10 Å². The lowest BCUT2D eigenvalue weighted by molar-refractivity contribution is 0.272. The minimum Gasteiger partial charge on any atom is -0.543 e. The number of pyridine rings is 2. The number of rotatable bonds is 12. The van der Waals surface area contributed by atoms with Crippen molar-refractivity contribution in [3.63, 3.8) is 0 Å². The third-order valence-corrected chi connectivity index (χ3v) is 20.5. The Labute approximate surface area is 299 Å². The van der Waals surface area contributed by atoms with Crippen molar-refractivity contribution in [2.24, 2.45) is 0 Å². The summed E-state index contributed by atoms with van der Waals surface area (Å²) in [7, 11) is -5.39. The normalized spacial score (nSPS) is 14.7. The summed E-state index contributed by atoms with van der Waals surface area (Å²) >= 11 is 0. The summed E-state index contributed by atoms with van der Waals surface area (Å²) in [6, 6.07) is 16.2. The van der Waals surface area contributed by atoms with Crippen LogP contribution in [0.2, 0.25) is 36.3 Å². The van der Waals surface area contributed by atoms with E-state index in [9.17, 15) is 4.21 Å². The fraction of sp³-hybridized carbons (Fsp3) is 0.553. The summed E-state index contributed by atoms with van der Waals surface area (Å²) in [4.78, 5) is 10.2. The van der Waals surface area contributed by atoms with Crippen LogP contribution in [-0.2, 0) is 22.0 Å². The third-order valence-electron chi connectivity index (χ3n) is 10.0. The first kappa shape index (κ1) is 39.1. The van der Waals surface area contributed by atoms with Gasteiger partial charge in [-0.1, -0.05) is 67.0 Å². The minimum absolute atomic E-state index is 0.00523. The molecule has 0 amide bonds. The van der Waals surface area contributed by atoms with Crippen LogP contribution in [0, 0.1) is 0 Å². The SMILES string of the molecule is CCC[C@H](N[S@](=O)C(C)(C)C)c1cccc(-c2cc(O[Si](C)(C)C(C)(C)C)c3cnn(-c4cccc(CO[Si](C)(C)C(C)(C)C)n4)c3c2)n1. The van der Waals surface area contributed by atoms with Crippen LogP contribution in [0.25, 0.3) is 28.0 Å². The molecule has 0 saturated carbocycles. The maximum absolute atomic E-state index is 13.1. The molecule has 49 heavy (non-hydrogen) atoms. The topological polar surface area (TPSA) is 91.2 Å². The molecule has 0 aliphatic rings. The number of nitrogens with one attached hydrogen (secondary N) is 1. The zero-order valence-electron chi connectivity index (χ0n) is 32.3. The van der Waals surface area contributed by atoms with Crippen molar-refractivity contribution < 1.29 is 13.1 Å². The summed E-state index contributed by atoms with van der Waals surface area (Å²) in [5.41, 5.74) is 4.38. The Bertz CT molecular complexity index is 1780. The molecule has 0 radical (unpaired) electrons. The van der Waals surface area contributed by atoms with Crippen LogP contribution in [0.4, 0.5) is 0 Å². The predicted molar refractivity (Wildman–Crippen MR) is 211 cm³/mol. The van der Waals surface area contributed by atoms with Gasteiger partial charge in [0.15, 0.2) is 14.1 Å². The van der Waals surface area contributed by atoms with Crippen molar-refractivity contribution in [2.45, 2.75) is 136 Å². The Kier molecular flexibility index (Phi) is 11.6. The van der Waals surface area contributed by atoms with Crippen molar-refractivity contribution in [3.05, 3.63) is 66.1 Å². The molecule has 0 fully saturated rings. The second-order valence-corrected chi connectivity index (χ2v) is 28.7. The van der Waals surface area contributed by atoms with Gasteiger partial charge in [0.05, 0.1) is 62.6 Å². The van der Waals surface area contributed by atoms with Gasteiger partial charge in [-0.25, -0.2) is 18.6 Å². The number of fused-ring (bicyclic) bond motifs is 1. The van der Waals surface area contributed by atoms with Gasteiger partial charge in [-0.3, -0.25) is 4.98 Å². The lowest BCUT2D eigenvalue weighted by atomic mass is 10.1. The van der Waals surface area contributed by atoms with Crippen molar-refractivity contribution in [1.29, 1.82) is 0 Å². The third kappa shape index (κ3) is 9.16. The molecule has 4 aromatic rings. The van der Waals surface area contributed by atoms with E-state index >= 15 is 0 Å². The van der Waals surface area contributed by atoms with Crippen molar-refractivity contribution in [3.8, 4) is 22.8 Å². The van der Waals surface area contributed by atoms with Crippen LogP contribution in [0.1, 0.15) is 99.5 Å². The molecule has 8 nitrogen and oxygen atoms in total. The molecular formula is C38H59N5O3SSi2. The minimum atomic E-state index is -2.22. The second-order valence-electron chi connectivity index (χ2n) is 17.1. The summed E-state index contributed by atoms with van der Waals surface area (Å²) in [5, 5.41) is 5.91. The molecular weight excluding hydrogens is 663 g/mol. The van der Waals surface area contributed by atoms with E-state index < -0.39 is 27.6 Å². The first-order valence-electron chi connectivity index (χ1n) is 17.5. The van der Waals surface area contributed by atoms with E-state index in [1.165, 1.54) is 0 Å². The molecule has 0 aliphatic carbocycles. The zero-order chi connectivity index (χ0) is 36.6. The molecule has 0 saturated heterocycles. The van der Waals surface area contributed by atoms with E-state index in [0.29, 0.717) is 6.61 Å². The van der Waals surface area contributed by atoms with Gasteiger partial charge in [-0.05, 0) is 99.9 Å². The molecule has 4 rings (SSSR count). The molecule has 1 aromatic carbocycles. The monoisotopic (exact) mass is 721 g/mol. The first-order chi connectivity index (χ1) is 22.5. The van der Waals surface area contributed by atoms with Gasteiger partial charge < -0.3 is 8.85 Å². The van der Waals surface area contributed by atoms with Gasteiger partial charge in [-0.15, -0.1) is 0 Å². The molecule has 0 unspecified atom stereocenters. The highest BCUT2D eigenvalue weighted by Crippen LogP contribution is 2.41. The molecule has 11 heteroatoms. The molecule has 0 spiro atoms. The van der Waals surface area contributed by atoms with Crippen molar-refractivity contribution >= 4 is 38.5 Å². The summed E-state index contributed by atoms with van der Waals surface area (Å²) in [6.07, 6.45) is 3.65. The van der Waals surface area contributed by atoms with Gasteiger partial charge in [0, 0.05) is 5.56 Å². The average molecular weight is 722 g/mol. The highest BCUT2D eigenvalue weighted by atomic mass is 32.2. The van der Waals surface area contributed by atoms with E-state index in [-0.39, 0.29) is 20.9 Å². The van der Waals surface area contributed by atoms with E-state index in [1.54, 1.807) is 0 Å². The van der Waals surface area contributed by atoms with Crippen LogP contribution in [0.15, 0.2) is 54.7 Å². The lowest BCUT2D eigenvalue weighted by Crippen LogP contribution is -2.43. The van der Waals surface area contributed by atoms with E-state index in [1.807, 2.05) is 68.0 Å². The fourth-order valence-corrected chi connectivity index (χ4v) is 7.56. The van der Waals surface area contributed by atoms with Crippen LogP contribution in [-0.4, -0.2) is 45.3 Å². The molecule has 268 valence electrons. The smallest absolute Gasteiger partial charge is 0.250 e. The lowest BCUT2D eigenvalue weighted by Gasteiger charge is -2.36. The molecule has 3 aromatic heterocycles. The molecule has 0 bridgehead atoms. The standard InChI is InChI=1S/C38H59N5O3SSi2/c1-15-18-32(42-47(44)36(2,3)4)31-21-17-20-30(41-31)27-23-33-29(34(24-27)46-49(13,14)38(8,9)10)25-39-43(33)35-22-16-19-28(40-35)26-45-48(11,12)37(5,6)7/h16-17,19-25,32,42H,15,18,26H2,1-14H3/t32-,47+/m0/s1. The number of benzene rings is 1. The Hall–Kier alpha value is -2.71. The van der Waals surface area contributed by atoms with E-state index in [0.717, 1.165) is 58.0 Å². The van der Waals surface area contributed by atoms with Gasteiger partial charge in [0.2, 0.25) is 0 Å². The number of nitrogens with zero attached hydrogens (tertiary/aromatic N) is 4. The largest absolute Gasteiger partial charge is 0.543 e. The fourth-order valence-electron chi connectivity index (χ4n) is 4.74. The van der Waals surface area contributed by atoms with Gasteiger partial charge in [0.25, 0.3) is 8.32 Å². The van der Waals surface area contributed by atoms with Crippen LogP contribution < -0.4 is 9.15 Å². The number of aromatic nitrogens is 4. The van der Waals surface area contributed by atoms with E-state index in [2.05, 4.69) is 91.5 Å². The van der Waals surface area contributed by atoms with Crippen molar-refractivity contribution in [2.75, 3.05) is 0 Å². The Morgan fingerprint density at radius 3 is 2.14 bits per heavy atom. The average Bonchev–Trinajstić information content (AvgIpc) is 3.43. The number of hydrogen-bond acceptors (Lipinski definition) is 6. The van der Waals surface area contributed by atoms with Gasteiger partial charge in [0.1, 0.15) is 5.75 Å². The van der Waals surface area contributed by atoms with Crippen LogP contribution in [0.3, 0.4) is 0 Å². The van der Waals surface area contributed by atoms with E-state index in [4.69, 9.17) is 23.9 Å². The summed E-state index contributed by atoms with van der Waals surface area (Å²) < 4.78 is 31.5. The molecule has 0 aliphatic heterocycles. The highest BCUT2D eigenvalue weighted by molar-refractivity contribution is 7.84. The second kappa shape index (κ2) is 14.5. The molecule has 1 N–H and O–H groups in total. The maximum atomic E-state index is 13.1. The Morgan fingerprint density at radius 1 is 0.878 bits per heavy atom. The molecule has 3 heterocycles. The van der Waals surface area contributed by atoms with Crippen molar-refractivity contribution in [1.82, 2.24) is 24.5 Å².